The highest BCUT2D eigenvalue weighted by atomic mass is 35.5. The second-order valence-corrected chi connectivity index (χ2v) is 5.54. The van der Waals surface area contributed by atoms with Crippen LogP contribution in [0.25, 0.3) is 0 Å². The quantitative estimate of drug-likeness (QED) is 0.924. The number of nitrogens with one attached hydrogen (secondary N) is 1. The highest BCUT2D eigenvalue weighted by molar-refractivity contribution is 6.31. The molecule has 1 atom stereocenters. The average Bonchev–Trinajstić information content (AvgIpc) is 2.54. The number of carbonyl (C=O) groups is 1. The second-order valence-electron chi connectivity index (χ2n) is 5.10. The largest absolute Gasteiger partial charge is 0.489 e. The van der Waals surface area contributed by atoms with Crippen molar-refractivity contribution in [2.45, 2.75) is 13.0 Å². The number of amides is 1. The zero-order valence-electron chi connectivity index (χ0n) is 12.3. The van der Waals surface area contributed by atoms with Crippen LogP contribution >= 0.6 is 11.6 Å². The summed E-state index contributed by atoms with van der Waals surface area (Å²) in [4.78, 5) is 18.9. The van der Waals surface area contributed by atoms with Gasteiger partial charge in [0.15, 0.2) is 5.69 Å². The highest BCUT2D eigenvalue weighted by Gasteiger charge is 2.31. The Morgan fingerprint density at radius 3 is 3.00 bits per heavy atom. The molecule has 2 aromatic rings. The molecule has 0 saturated heterocycles. The molecule has 1 aliphatic rings. The van der Waals surface area contributed by atoms with E-state index in [9.17, 15) is 4.79 Å². The first-order valence-corrected chi connectivity index (χ1v) is 7.38. The summed E-state index contributed by atoms with van der Waals surface area (Å²) in [6, 6.07) is 9.11. The average molecular weight is 318 g/mol. The highest BCUT2D eigenvalue weighted by Crippen LogP contribution is 2.35. The van der Waals surface area contributed by atoms with Crippen LogP contribution in [0, 0.1) is 0 Å². The number of pyridine rings is 1. The van der Waals surface area contributed by atoms with Crippen LogP contribution in [0.2, 0.25) is 5.02 Å². The Labute approximate surface area is 133 Å². The molecule has 0 fully saturated rings. The molecule has 1 aromatic heterocycles. The van der Waals surface area contributed by atoms with Crippen molar-refractivity contribution < 1.29 is 9.53 Å². The van der Waals surface area contributed by atoms with Gasteiger partial charge in [0.05, 0.1) is 22.4 Å². The number of anilines is 2. The lowest BCUT2D eigenvalue weighted by Gasteiger charge is -2.35. The molecule has 1 unspecified atom stereocenters. The summed E-state index contributed by atoms with van der Waals surface area (Å²) in [5, 5.41) is 3.45. The number of benzene rings is 1. The van der Waals surface area contributed by atoms with Crippen molar-refractivity contribution >= 4 is 28.9 Å². The molecule has 1 aromatic carbocycles. The molecule has 1 aliphatic heterocycles. The Morgan fingerprint density at radius 2 is 2.23 bits per heavy atom. The molecule has 0 saturated carbocycles. The number of rotatable bonds is 2. The number of aromatic nitrogens is 1. The third-order valence-electron chi connectivity index (χ3n) is 3.59. The predicted molar refractivity (Wildman–Crippen MR) is 87.0 cm³/mol. The molecule has 22 heavy (non-hydrogen) atoms. The van der Waals surface area contributed by atoms with Gasteiger partial charge < -0.3 is 10.1 Å². The van der Waals surface area contributed by atoms with Crippen molar-refractivity contribution in [1.29, 1.82) is 0 Å². The van der Waals surface area contributed by atoms with Crippen LogP contribution in [0.1, 0.15) is 17.4 Å². The van der Waals surface area contributed by atoms with Crippen LogP contribution < -0.4 is 15.0 Å². The van der Waals surface area contributed by atoms with Crippen LogP contribution in [0.5, 0.6) is 5.75 Å². The van der Waals surface area contributed by atoms with E-state index in [1.54, 1.807) is 18.0 Å². The molecule has 0 spiro atoms. The maximum atomic E-state index is 13.0. The van der Waals surface area contributed by atoms with Crippen LogP contribution in [0.4, 0.5) is 11.4 Å². The lowest BCUT2D eigenvalue weighted by atomic mass is 10.1. The van der Waals surface area contributed by atoms with Crippen molar-refractivity contribution in [1.82, 2.24) is 4.98 Å². The van der Waals surface area contributed by atoms with Gasteiger partial charge in [-0.25, -0.2) is 4.98 Å². The molecule has 0 aliphatic carbocycles. The minimum absolute atomic E-state index is 0.0791. The molecule has 5 nitrogen and oxygen atoms in total. The summed E-state index contributed by atoms with van der Waals surface area (Å²) >= 11 is 5.95. The summed E-state index contributed by atoms with van der Waals surface area (Å²) in [7, 11) is 1.74. The summed E-state index contributed by atoms with van der Waals surface area (Å²) in [5.74, 6) is 0.526. The fourth-order valence-electron chi connectivity index (χ4n) is 2.52. The van der Waals surface area contributed by atoms with E-state index in [0.717, 1.165) is 5.69 Å². The lowest BCUT2D eigenvalue weighted by Crippen LogP contribution is -2.45. The Balaban J connectivity index is 2.05. The van der Waals surface area contributed by atoms with E-state index in [0.29, 0.717) is 28.8 Å². The van der Waals surface area contributed by atoms with Crippen molar-refractivity contribution in [2.24, 2.45) is 0 Å². The van der Waals surface area contributed by atoms with Gasteiger partial charge in [-0.3, -0.25) is 9.69 Å². The molecule has 2 heterocycles. The molecule has 0 bridgehead atoms. The van der Waals surface area contributed by atoms with Gasteiger partial charge in [-0.2, -0.15) is 0 Å². The van der Waals surface area contributed by atoms with Crippen LogP contribution in [0.3, 0.4) is 0 Å². The molecular formula is C16H16ClN3O2. The Hall–Kier alpha value is -2.27. The number of fused-ring (bicyclic) bond motifs is 1. The maximum absolute atomic E-state index is 13.0. The van der Waals surface area contributed by atoms with Gasteiger partial charge in [0, 0.05) is 13.2 Å². The number of hydrogen-bond acceptors (Lipinski definition) is 4. The number of ether oxygens (including phenoxy) is 1. The lowest BCUT2D eigenvalue weighted by molar-refractivity contribution is 0.0957. The molecule has 0 radical (unpaired) electrons. The zero-order valence-corrected chi connectivity index (χ0v) is 13.1. The summed E-state index contributed by atoms with van der Waals surface area (Å²) in [5.41, 5.74) is 1.70. The molecule has 1 N–H and O–H groups in total. The first kappa shape index (κ1) is 14.7. The van der Waals surface area contributed by atoms with Crippen LogP contribution in [-0.4, -0.2) is 30.6 Å². The summed E-state index contributed by atoms with van der Waals surface area (Å²) < 4.78 is 5.68. The SMILES string of the molecule is CNc1cc(Cl)cnc1C(=O)N1c2ccccc2OCC1C. The first-order chi connectivity index (χ1) is 10.6. The topological polar surface area (TPSA) is 54.5 Å². The molecule has 114 valence electrons. The van der Waals surface area contributed by atoms with Crippen molar-refractivity contribution in [2.75, 3.05) is 23.9 Å². The molecule has 1 amide bonds. The Morgan fingerprint density at radius 1 is 1.45 bits per heavy atom. The normalized spacial score (nSPS) is 16.7. The fraction of sp³-hybridized carbons (Fsp3) is 0.250. The standard InChI is InChI=1S/C16H16ClN3O2/c1-10-9-22-14-6-4-3-5-13(14)20(10)16(21)15-12(18-2)7-11(17)8-19-15/h3-8,10,18H,9H2,1-2H3. The van der Waals surface area contributed by atoms with E-state index >= 15 is 0 Å². The Kier molecular flexibility index (Phi) is 3.90. The van der Waals surface area contributed by atoms with E-state index < -0.39 is 0 Å². The van der Waals surface area contributed by atoms with Gasteiger partial charge in [-0.1, -0.05) is 23.7 Å². The van der Waals surface area contributed by atoms with Crippen molar-refractivity contribution in [3.63, 3.8) is 0 Å². The molecular weight excluding hydrogens is 302 g/mol. The van der Waals surface area contributed by atoms with E-state index in [2.05, 4.69) is 10.3 Å². The predicted octanol–water partition coefficient (Wildman–Crippen LogP) is 3.20. The third kappa shape index (κ3) is 2.48. The van der Waals surface area contributed by atoms with Gasteiger partial charge >= 0.3 is 0 Å². The van der Waals surface area contributed by atoms with Gasteiger partial charge in [-0.15, -0.1) is 0 Å². The zero-order chi connectivity index (χ0) is 15.7. The smallest absolute Gasteiger partial charge is 0.279 e. The number of nitrogens with zero attached hydrogens (tertiary/aromatic N) is 2. The van der Waals surface area contributed by atoms with E-state index in [1.807, 2.05) is 31.2 Å². The van der Waals surface area contributed by atoms with Gasteiger partial charge in [0.1, 0.15) is 12.4 Å². The molecule has 3 rings (SSSR count). The third-order valence-corrected chi connectivity index (χ3v) is 3.80. The van der Waals surface area contributed by atoms with E-state index in [-0.39, 0.29) is 11.9 Å². The number of para-hydroxylation sites is 2. The van der Waals surface area contributed by atoms with Gasteiger partial charge in [0.25, 0.3) is 5.91 Å². The van der Waals surface area contributed by atoms with Crippen LogP contribution in [0.15, 0.2) is 36.5 Å². The first-order valence-electron chi connectivity index (χ1n) is 7.00. The van der Waals surface area contributed by atoms with E-state index in [1.165, 1.54) is 6.20 Å². The number of halogens is 1. The minimum atomic E-state index is -0.177. The summed E-state index contributed by atoms with van der Waals surface area (Å²) in [6.45, 7) is 2.40. The van der Waals surface area contributed by atoms with Crippen LogP contribution in [-0.2, 0) is 0 Å². The van der Waals surface area contributed by atoms with Gasteiger partial charge in [-0.05, 0) is 25.1 Å². The minimum Gasteiger partial charge on any atom is -0.489 e. The summed E-state index contributed by atoms with van der Waals surface area (Å²) in [6.07, 6.45) is 1.48. The number of carbonyl (C=O) groups excluding carboxylic acids is 1. The molecule has 6 heteroatoms. The monoisotopic (exact) mass is 317 g/mol. The van der Waals surface area contributed by atoms with Gasteiger partial charge in [0.2, 0.25) is 0 Å². The number of hydrogen-bond donors (Lipinski definition) is 1. The Bertz CT molecular complexity index is 720. The second kappa shape index (κ2) is 5.85. The van der Waals surface area contributed by atoms with E-state index in [4.69, 9.17) is 16.3 Å². The van der Waals surface area contributed by atoms with Crippen molar-refractivity contribution in [3.8, 4) is 5.75 Å². The fourth-order valence-corrected chi connectivity index (χ4v) is 2.68. The van der Waals surface area contributed by atoms with Crippen molar-refractivity contribution in [3.05, 3.63) is 47.2 Å². The maximum Gasteiger partial charge on any atom is 0.279 e.